The highest BCUT2D eigenvalue weighted by atomic mass is 16.2. The summed E-state index contributed by atoms with van der Waals surface area (Å²) in [6.07, 6.45) is 5.21. The van der Waals surface area contributed by atoms with Gasteiger partial charge in [-0.05, 0) is 76.0 Å². The summed E-state index contributed by atoms with van der Waals surface area (Å²) in [5.41, 5.74) is 2.83. The van der Waals surface area contributed by atoms with Crippen LogP contribution in [0.4, 0.5) is 0 Å². The summed E-state index contributed by atoms with van der Waals surface area (Å²) in [7, 11) is 1.99. The van der Waals surface area contributed by atoms with Crippen molar-refractivity contribution < 1.29 is 4.79 Å². The number of hydrogen-bond acceptors (Lipinski definition) is 3. The average molecular weight is 326 g/mol. The summed E-state index contributed by atoms with van der Waals surface area (Å²) in [6.45, 7) is 4.82. The van der Waals surface area contributed by atoms with E-state index in [2.05, 4.69) is 10.4 Å². The van der Waals surface area contributed by atoms with Crippen molar-refractivity contribution >= 4 is 5.91 Å². The number of carbonyl (C=O) groups excluding carboxylic acids is 1. The first-order valence-corrected chi connectivity index (χ1v) is 8.74. The first-order chi connectivity index (χ1) is 11.7. The van der Waals surface area contributed by atoms with E-state index >= 15 is 0 Å². The van der Waals surface area contributed by atoms with Gasteiger partial charge in [0, 0.05) is 30.5 Å². The van der Waals surface area contributed by atoms with Gasteiger partial charge in [-0.3, -0.25) is 4.79 Å². The van der Waals surface area contributed by atoms with Crippen molar-refractivity contribution in [1.29, 1.82) is 0 Å². The van der Waals surface area contributed by atoms with E-state index in [9.17, 15) is 4.79 Å². The van der Waals surface area contributed by atoms with E-state index in [0.29, 0.717) is 0 Å². The van der Waals surface area contributed by atoms with Crippen molar-refractivity contribution in [2.24, 2.45) is 5.92 Å². The summed E-state index contributed by atoms with van der Waals surface area (Å²) in [6, 6.07) is 9.72. The van der Waals surface area contributed by atoms with Crippen LogP contribution in [0.15, 0.2) is 36.5 Å². The van der Waals surface area contributed by atoms with Gasteiger partial charge in [0.05, 0.1) is 5.69 Å². The van der Waals surface area contributed by atoms with Crippen molar-refractivity contribution in [3.05, 3.63) is 47.8 Å². The number of aromatic nitrogens is 2. The number of carbonyl (C=O) groups is 1. The number of rotatable bonds is 5. The molecule has 0 saturated carbocycles. The zero-order chi connectivity index (χ0) is 16.9. The van der Waals surface area contributed by atoms with Crippen molar-refractivity contribution in [3.8, 4) is 5.69 Å². The lowest BCUT2D eigenvalue weighted by Gasteiger charge is -2.32. The third-order valence-electron chi connectivity index (χ3n) is 4.90. The Morgan fingerprint density at radius 2 is 1.92 bits per heavy atom. The van der Waals surface area contributed by atoms with Crippen LogP contribution in [-0.4, -0.2) is 47.3 Å². The lowest BCUT2D eigenvalue weighted by atomic mass is 9.93. The van der Waals surface area contributed by atoms with Gasteiger partial charge < -0.3 is 10.2 Å². The maximum Gasteiger partial charge on any atom is 0.253 e. The van der Waals surface area contributed by atoms with Gasteiger partial charge in [0.25, 0.3) is 5.91 Å². The standard InChI is InChI=1S/C19H26N4O/c1-15-7-12-21-23(15)18-5-3-17(4-6-18)19(24)22-13-9-16(10-14-22)8-11-20-2/h3-7,12,16,20H,8-11,13-14H2,1-2H3. The molecule has 0 radical (unpaired) electrons. The van der Waals surface area contributed by atoms with E-state index in [-0.39, 0.29) is 5.91 Å². The number of piperidine rings is 1. The van der Waals surface area contributed by atoms with E-state index in [0.717, 1.165) is 55.3 Å². The molecule has 2 heterocycles. The van der Waals surface area contributed by atoms with Crippen LogP contribution in [0.3, 0.4) is 0 Å². The van der Waals surface area contributed by atoms with E-state index in [1.807, 2.05) is 53.9 Å². The number of amides is 1. The van der Waals surface area contributed by atoms with Crippen molar-refractivity contribution in [3.63, 3.8) is 0 Å². The molecule has 24 heavy (non-hydrogen) atoms. The van der Waals surface area contributed by atoms with Gasteiger partial charge in [-0.1, -0.05) is 0 Å². The second kappa shape index (κ2) is 7.62. The van der Waals surface area contributed by atoms with Crippen molar-refractivity contribution in [2.45, 2.75) is 26.2 Å². The van der Waals surface area contributed by atoms with Crippen molar-refractivity contribution in [2.75, 3.05) is 26.7 Å². The first kappa shape index (κ1) is 16.7. The van der Waals surface area contributed by atoms with Crippen LogP contribution < -0.4 is 5.32 Å². The summed E-state index contributed by atoms with van der Waals surface area (Å²) in [5.74, 6) is 0.887. The van der Waals surface area contributed by atoms with Crippen LogP contribution in [0.25, 0.3) is 5.69 Å². The molecule has 3 rings (SSSR count). The molecule has 1 aliphatic rings. The molecule has 1 N–H and O–H groups in total. The summed E-state index contributed by atoms with van der Waals surface area (Å²) in [4.78, 5) is 14.7. The fourth-order valence-corrected chi connectivity index (χ4v) is 3.34. The van der Waals surface area contributed by atoms with E-state index in [1.165, 1.54) is 6.42 Å². The van der Waals surface area contributed by atoms with Crippen LogP contribution >= 0.6 is 0 Å². The van der Waals surface area contributed by atoms with Gasteiger partial charge in [-0.15, -0.1) is 0 Å². The highest BCUT2D eigenvalue weighted by molar-refractivity contribution is 5.94. The Morgan fingerprint density at radius 3 is 2.50 bits per heavy atom. The number of nitrogens with zero attached hydrogens (tertiary/aromatic N) is 3. The Morgan fingerprint density at radius 1 is 1.21 bits per heavy atom. The fraction of sp³-hybridized carbons (Fsp3) is 0.474. The molecular weight excluding hydrogens is 300 g/mol. The highest BCUT2D eigenvalue weighted by Gasteiger charge is 2.23. The topological polar surface area (TPSA) is 50.2 Å². The second-order valence-electron chi connectivity index (χ2n) is 6.56. The first-order valence-electron chi connectivity index (χ1n) is 8.74. The fourth-order valence-electron chi connectivity index (χ4n) is 3.34. The molecule has 0 aliphatic carbocycles. The summed E-state index contributed by atoms with van der Waals surface area (Å²) < 4.78 is 1.88. The van der Waals surface area contributed by atoms with Gasteiger partial charge in [0.2, 0.25) is 0 Å². The third-order valence-corrected chi connectivity index (χ3v) is 4.90. The SMILES string of the molecule is CNCCC1CCN(C(=O)c2ccc(-n3nccc3C)cc2)CC1. The number of benzene rings is 1. The molecule has 1 aromatic heterocycles. The molecule has 5 heteroatoms. The maximum absolute atomic E-state index is 12.7. The lowest BCUT2D eigenvalue weighted by Crippen LogP contribution is -2.38. The number of nitrogens with one attached hydrogen (secondary N) is 1. The zero-order valence-electron chi connectivity index (χ0n) is 14.5. The zero-order valence-corrected chi connectivity index (χ0v) is 14.5. The summed E-state index contributed by atoms with van der Waals surface area (Å²) >= 11 is 0. The van der Waals surface area contributed by atoms with Crippen LogP contribution in [-0.2, 0) is 0 Å². The smallest absolute Gasteiger partial charge is 0.253 e. The van der Waals surface area contributed by atoms with Gasteiger partial charge in [0.1, 0.15) is 0 Å². The highest BCUT2D eigenvalue weighted by Crippen LogP contribution is 2.22. The molecule has 128 valence electrons. The number of hydrogen-bond donors (Lipinski definition) is 1. The van der Waals surface area contributed by atoms with Crippen LogP contribution in [0, 0.1) is 12.8 Å². The molecular formula is C19H26N4O. The molecule has 2 aromatic rings. The minimum absolute atomic E-state index is 0.144. The molecule has 0 unspecified atom stereocenters. The summed E-state index contributed by atoms with van der Waals surface area (Å²) in [5, 5.41) is 7.51. The van der Waals surface area contributed by atoms with E-state index < -0.39 is 0 Å². The molecule has 1 aliphatic heterocycles. The Balaban J connectivity index is 1.61. The normalized spacial score (nSPS) is 15.7. The van der Waals surface area contributed by atoms with Crippen LogP contribution in [0.2, 0.25) is 0 Å². The Kier molecular flexibility index (Phi) is 5.30. The largest absolute Gasteiger partial charge is 0.339 e. The molecule has 1 aromatic carbocycles. The lowest BCUT2D eigenvalue weighted by molar-refractivity contribution is 0.0687. The Hall–Kier alpha value is -2.14. The molecule has 5 nitrogen and oxygen atoms in total. The van der Waals surface area contributed by atoms with Crippen molar-refractivity contribution in [1.82, 2.24) is 20.0 Å². The van der Waals surface area contributed by atoms with E-state index in [4.69, 9.17) is 0 Å². The van der Waals surface area contributed by atoms with Crippen LogP contribution in [0.5, 0.6) is 0 Å². The molecule has 0 atom stereocenters. The molecule has 0 spiro atoms. The van der Waals surface area contributed by atoms with Gasteiger partial charge in [-0.25, -0.2) is 4.68 Å². The van der Waals surface area contributed by atoms with Gasteiger partial charge in [0.15, 0.2) is 0 Å². The number of aryl methyl sites for hydroxylation is 1. The average Bonchev–Trinajstić information content (AvgIpc) is 3.06. The minimum atomic E-state index is 0.144. The Bertz CT molecular complexity index is 669. The monoisotopic (exact) mass is 326 g/mol. The Labute approximate surface area is 143 Å². The third kappa shape index (κ3) is 3.67. The molecule has 1 fully saturated rings. The predicted molar refractivity (Wildman–Crippen MR) is 95.5 cm³/mol. The molecule has 1 amide bonds. The van der Waals surface area contributed by atoms with E-state index in [1.54, 1.807) is 6.20 Å². The number of likely N-dealkylation sites (tertiary alicyclic amines) is 1. The quantitative estimate of drug-likeness (QED) is 0.919. The predicted octanol–water partition coefficient (Wildman–Crippen LogP) is 2.64. The second-order valence-corrected chi connectivity index (χ2v) is 6.56. The van der Waals surface area contributed by atoms with Gasteiger partial charge >= 0.3 is 0 Å². The minimum Gasteiger partial charge on any atom is -0.339 e. The maximum atomic E-state index is 12.7. The van der Waals surface area contributed by atoms with Crippen LogP contribution in [0.1, 0.15) is 35.3 Å². The van der Waals surface area contributed by atoms with Gasteiger partial charge in [-0.2, -0.15) is 5.10 Å². The molecule has 0 bridgehead atoms. The molecule has 1 saturated heterocycles.